The molecule has 4 N–H and O–H groups in total. The summed E-state index contributed by atoms with van der Waals surface area (Å²) in [6.07, 6.45) is 4.68. The van der Waals surface area contributed by atoms with Crippen LogP contribution in [0.3, 0.4) is 0 Å². The summed E-state index contributed by atoms with van der Waals surface area (Å²) in [6, 6.07) is 1.45. The Morgan fingerprint density at radius 1 is 1.41 bits per heavy atom. The molecule has 0 aromatic carbocycles. The third-order valence-corrected chi connectivity index (χ3v) is 6.94. The zero-order chi connectivity index (χ0) is 26.9. The van der Waals surface area contributed by atoms with E-state index >= 15 is 0 Å². The fourth-order valence-corrected chi connectivity index (χ4v) is 4.86. The monoisotopic (exact) mass is 512 g/mol. The molecule has 1 saturated carbocycles. The Kier molecular flexibility index (Phi) is 7.28. The van der Waals surface area contributed by atoms with E-state index in [1.54, 1.807) is 9.58 Å². The van der Waals surface area contributed by atoms with Gasteiger partial charge in [0, 0.05) is 41.4 Å². The fourth-order valence-electron chi connectivity index (χ4n) is 4.86. The molecular weight excluding hydrogens is 479 g/mol. The van der Waals surface area contributed by atoms with Crippen LogP contribution < -0.4 is 15.8 Å². The first-order chi connectivity index (χ1) is 17.5. The Morgan fingerprint density at radius 2 is 2.14 bits per heavy atom. The number of aromatic nitrogens is 4. The second kappa shape index (κ2) is 10.3. The number of amides is 2. The van der Waals surface area contributed by atoms with Crippen LogP contribution in [-0.4, -0.2) is 61.4 Å². The van der Waals surface area contributed by atoms with E-state index in [9.17, 15) is 14.0 Å². The van der Waals surface area contributed by atoms with Crippen molar-refractivity contribution in [1.29, 1.82) is 5.41 Å². The van der Waals surface area contributed by atoms with Crippen LogP contribution in [0.4, 0.5) is 4.39 Å². The first kappa shape index (κ1) is 26.2. The van der Waals surface area contributed by atoms with Gasteiger partial charge in [-0.25, -0.2) is 19.0 Å². The van der Waals surface area contributed by atoms with E-state index in [-0.39, 0.29) is 47.3 Å². The second-order valence-electron chi connectivity index (χ2n) is 9.92. The molecule has 37 heavy (non-hydrogen) atoms. The van der Waals surface area contributed by atoms with Gasteiger partial charge >= 0.3 is 0 Å². The van der Waals surface area contributed by atoms with Gasteiger partial charge in [0.15, 0.2) is 5.82 Å². The van der Waals surface area contributed by atoms with E-state index in [1.807, 2.05) is 20.8 Å². The molecule has 11 nitrogen and oxygen atoms in total. The van der Waals surface area contributed by atoms with Crippen LogP contribution in [0.25, 0.3) is 5.70 Å². The van der Waals surface area contributed by atoms with Crippen LogP contribution in [0, 0.1) is 24.1 Å². The molecule has 2 aromatic heterocycles. The van der Waals surface area contributed by atoms with Crippen LogP contribution in [-0.2, 0) is 16.1 Å². The molecule has 12 heteroatoms. The van der Waals surface area contributed by atoms with Crippen molar-refractivity contribution in [3.8, 4) is 5.88 Å². The lowest BCUT2D eigenvalue weighted by molar-refractivity contribution is -0.135. The summed E-state index contributed by atoms with van der Waals surface area (Å²) in [5.74, 6) is 0.0537. The quantitative estimate of drug-likeness (QED) is 0.458. The Bertz CT molecular complexity index is 1250. The molecule has 198 valence electrons. The predicted octanol–water partition coefficient (Wildman–Crippen LogP) is 2.12. The van der Waals surface area contributed by atoms with E-state index in [0.29, 0.717) is 31.0 Å². The van der Waals surface area contributed by atoms with Crippen molar-refractivity contribution in [2.45, 2.75) is 64.6 Å². The molecule has 3 heterocycles. The highest BCUT2D eigenvalue weighted by Crippen LogP contribution is 2.50. The topological polar surface area (TPSA) is 152 Å². The number of piperidine rings is 1. The summed E-state index contributed by atoms with van der Waals surface area (Å²) in [5, 5.41) is 15.7. The van der Waals surface area contributed by atoms with Crippen molar-refractivity contribution in [3.05, 3.63) is 41.4 Å². The average molecular weight is 513 g/mol. The molecule has 2 fully saturated rings. The number of pyridine rings is 1. The number of nitrogens with one attached hydrogen (secondary N) is 2. The molecule has 4 rings (SSSR count). The van der Waals surface area contributed by atoms with Gasteiger partial charge in [0.05, 0.1) is 19.9 Å². The molecule has 2 aromatic rings. The number of aryl methyl sites for hydroxylation is 1. The van der Waals surface area contributed by atoms with Crippen molar-refractivity contribution in [2.75, 3.05) is 13.7 Å². The van der Waals surface area contributed by atoms with Crippen molar-refractivity contribution in [2.24, 2.45) is 11.7 Å². The maximum absolute atomic E-state index is 14.2. The van der Waals surface area contributed by atoms with Gasteiger partial charge in [0.2, 0.25) is 11.8 Å². The molecule has 1 atom stereocenters. The number of methoxy groups -OCH3 is 1. The number of halogens is 1. The van der Waals surface area contributed by atoms with Crippen LogP contribution in [0.1, 0.15) is 62.8 Å². The van der Waals surface area contributed by atoms with Gasteiger partial charge in [-0.2, -0.15) is 5.10 Å². The van der Waals surface area contributed by atoms with Crippen LogP contribution >= 0.6 is 0 Å². The summed E-state index contributed by atoms with van der Waals surface area (Å²) in [6.45, 7) is 6.47. The Hall–Kier alpha value is -3.83. The van der Waals surface area contributed by atoms with Crippen molar-refractivity contribution in [3.63, 3.8) is 0 Å². The number of hydrogen-bond acceptors (Lipinski definition) is 8. The van der Waals surface area contributed by atoms with Gasteiger partial charge in [-0.3, -0.25) is 15.0 Å². The van der Waals surface area contributed by atoms with Crippen molar-refractivity contribution < 1.29 is 18.7 Å². The number of likely N-dealkylation sites (tertiary alicyclic amines) is 1. The number of ether oxygens (including phenoxy) is 1. The third-order valence-electron chi connectivity index (χ3n) is 6.94. The molecule has 2 aliphatic rings. The zero-order valence-electron chi connectivity index (χ0n) is 21.5. The van der Waals surface area contributed by atoms with Crippen molar-refractivity contribution >= 4 is 23.2 Å². The summed E-state index contributed by atoms with van der Waals surface area (Å²) in [5.41, 5.74) is 5.16. The summed E-state index contributed by atoms with van der Waals surface area (Å²) in [4.78, 5) is 36.0. The van der Waals surface area contributed by atoms with Gasteiger partial charge in [-0.05, 0) is 52.5 Å². The molecule has 0 bridgehead atoms. The van der Waals surface area contributed by atoms with Gasteiger partial charge in [0.1, 0.15) is 17.4 Å². The molecule has 1 aliphatic heterocycles. The minimum Gasteiger partial charge on any atom is -0.481 e. The number of nitrogens with two attached hydrogens (primary N) is 1. The lowest BCUT2D eigenvalue weighted by atomic mass is 9.87. The first-order valence-corrected chi connectivity index (χ1v) is 12.3. The lowest BCUT2D eigenvalue weighted by Gasteiger charge is -2.39. The Balaban J connectivity index is 1.39. The number of hydrogen-bond donors (Lipinski definition) is 3. The minimum absolute atomic E-state index is 0.00408. The van der Waals surface area contributed by atoms with Crippen LogP contribution in [0.5, 0.6) is 5.88 Å². The van der Waals surface area contributed by atoms with E-state index in [0.717, 1.165) is 25.1 Å². The Morgan fingerprint density at radius 3 is 2.78 bits per heavy atom. The standard InChI is InChI=1S/C25H33FN8O3/c1-14(2)34-21(31-15(3)32-34)13-30-23(35)16-5-8-33(25(11-16)6-7-25)24(36)20(28)10-19(27)17-9-22(37-4)29-12-18(17)26/h9-10,12,14,16,28H,5-8,11,13,27H2,1-4H3,(H,30,35)/b19-10-,28-20?/t16-/m0/s1. The molecular formula is C25H33FN8O3. The van der Waals surface area contributed by atoms with Crippen molar-refractivity contribution in [1.82, 2.24) is 30.0 Å². The largest absolute Gasteiger partial charge is 0.481 e. The summed E-state index contributed by atoms with van der Waals surface area (Å²) >= 11 is 0. The highest BCUT2D eigenvalue weighted by atomic mass is 19.1. The van der Waals surface area contributed by atoms with Crippen LogP contribution in [0.2, 0.25) is 0 Å². The maximum atomic E-state index is 14.2. The van der Waals surface area contributed by atoms with E-state index in [4.69, 9.17) is 15.9 Å². The predicted molar refractivity (Wildman–Crippen MR) is 134 cm³/mol. The average Bonchev–Trinajstić information content (AvgIpc) is 3.52. The highest BCUT2D eigenvalue weighted by molar-refractivity contribution is 6.43. The number of nitrogens with zero attached hydrogens (tertiary/aromatic N) is 5. The smallest absolute Gasteiger partial charge is 0.272 e. The van der Waals surface area contributed by atoms with E-state index in [1.165, 1.54) is 13.2 Å². The third kappa shape index (κ3) is 5.47. The zero-order valence-corrected chi connectivity index (χ0v) is 21.5. The molecule has 1 aliphatic carbocycles. The number of rotatable bonds is 8. The number of carbonyl (C=O) groups excluding carboxylic acids is 2. The molecule has 2 amide bonds. The minimum atomic E-state index is -0.679. The van der Waals surface area contributed by atoms with Gasteiger partial charge in [0.25, 0.3) is 5.91 Å². The van der Waals surface area contributed by atoms with Gasteiger partial charge < -0.3 is 20.7 Å². The molecule has 1 spiro atoms. The van der Waals surface area contributed by atoms with E-state index in [2.05, 4.69) is 20.4 Å². The summed E-state index contributed by atoms with van der Waals surface area (Å²) in [7, 11) is 1.40. The SMILES string of the molecule is COc1cc(/C(N)=C/C(=N)C(=O)N2CC[C@H](C(=O)NCc3nc(C)nn3C(C)C)CC23CC3)c(F)cn1. The first-order valence-electron chi connectivity index (χ1n) is 12.3. The molecule has 0 unspecified atom stereocenters. The van der Waals surface area contributed by atoms with Crippen LogP contribution in [0.15, 0.2) is 18.3 Å². The molecule has 0 radical (unpaired) electrons. The highest BCUT2D eigenvalue weighted by Gasteiger charge is 2.54. The van der Waals surface area contributed by atoms with E-state index < -0.39 is 17.3 Å². The van der Waals surface area contributed by atoms with Gasteiger partial charge in [-0.1, -0.05) is 0 Å². The number of carbonyl (C=O) groups is 2. The van der Waals surface area contributed by atoms with Gasteiger partial charge in [-0.15, -0.1) is 0 Å². The summed E-state index contributed by atoms with van der Waals surface area (Å²) < 4.78 is 21.0. The molecule has 1 saturated heterocycles. The normalized spacial score (nSPS) is 18.7. The Labute approximate surface area is 214 Å². The maximum Gasteiger partial charge on any atom is 0.272 e. The second-order valence-corrected chi connectivity index (χ2v) is 9.92. The fraction of sp³-hybridized carbons (Fsp3) is 0.520. The lowest BCUT2D eigenvalue weighted by Crippen LogP contribution is -2.52.